The van der Waals surface area contributed by atoms with Crippen LogP contribution in [0.25, 0.3) is 16.6 Å². The average Bonchev–Trinajstić information content (AvgIpc) is 2.85. The minimum atomic E-state index is -4.72. The van der Waals surface area contributed by atoms with Crippen molar-refractivity contribution < 1.29 is 17.9 Å². The second kappa shape index (κ2) is 4.56. The number of alkyl halides is 3. The van der Waals surface area contributed by atoms with Gasteiger partial charge in [0.25, 0.3) is 0 Å². The lowest BCUT2D eigenvalue weighted by Crippen LogP contribution is -2.17. The van der Waals surface area contributed by atoms with E-state index in [-0.39, 0.29) is 5.75 Å². The van der Waals surface area contributed by atoms with Crippen LogP contribution >= 0.6 is 0 Å². The number of imidazole rings is 1. The standard InChI is InChI=1S/C14H9F3N2O/c15-14(16,17)20-13-6-2-1-4-11(13)10-5-3-7-19-9-18-8-12(10)19/h1-9H. The Morgan fingerprint density at radius 1 is 1.00 bits per heavy atom. The minimum Gasteiger partial charge on any atom is -0.405 e. The number of benzene rings is 1. The number of halogens is 3. The molecule has 1 aromatic carbocycles. The molecule has 20 heavy (non-hydrogen) atoms. The SMILES string of the molecule is FC(F)(F)Oc1ccccc1-c1cccn2cncc12. The Bertz CT molecular complexity index is 749. The van der Waals surface area contributed by atoms with Gasteiger partial charge in [-0.15, -0.1) is 13.2 Å². The van der Waals surface area contributed by atoms with Crippen LogP contribution in [0.2, 0.25) is 0 Å². The van der Waals surface area contributed by atoms with E-state index >= 15 is 0 Å². The smallest absolute Gasteiger partial charge is 0.405 e. The van der Waals surface area contributed by atoms with Crippen molar-refractivity contribution in [1.82, 2.24) is 9.38 Å². The molecule has 0 aliphatic carbocycles. The highest BCUT2D eigenvalue weighted by molar-refractivity contribution is 5.83. The molecule has 6 heteroatoms. The van der Waals surface area contributed by atoms with Gasteiger partial charge in [0.2, 0.25) is 0 Å². The number of fused-ring (bicyclic) bond motifs is 1. The molecule has 2 aromatic heterocycles. The first kappa shape index (κ1) is 12.5. The van der Waals surface area contributed by atoms with Crippen LogP contribution in [0.1, 0.15) is 0 Å². The van der Waals surface area contributed by atoms with Crippen molar-refractivity contribution in [3.05, 3.63) is 55.1 Å². The number of ether oxygens (including phenoxy) is 1. The lowest BCUT2D eigenvalue weighted by molar-refractivity contribution is -0.274. The van der Waals surface area contributed by atoms with E-state index in [0.717, 1.165) is 0 Å². The normalized spacial score (nSPS) is 11.8. The summed E-state index contributed by atoms with van der Waals surface area (Å²) in [4.78, 5) is 3.99. The first-order valence-electron chi connectivity index (χ1n) is 5.80. The van der Waals surface area contributed by atoms with Crippen LogP contribution in [0.4, 0.5) is 13.2 Å². The van der Waals surface area contributed by atoms with E-state index < -0.39 is 6.36 Å². The van der Waals surface area contributed by atoms with Crippen molar-refractivity contribution in [1.29, 1.82) is 0 Å². The largest absolute Gasteiger partial charge is 0.573 e. The van der Waals surface area contributed by atoms with E-state index in [4.69, 9.17) is 0 Å². The molecule has 0 aliphatic heterocycles. The zero-order valence-electron chi connectivity index (χ0n) is 10.1. The Morgan fingerprint density at radius 2 is 1.75 bits per heavy atom. The van der Waals surface area contributed by atoms with Gasteiger partial charge in [0.15, 0.2) is 0 Å². The van der Waals surface area contributed by atoms with Gasteiger partial charge in [-0.1, -0.05) is 24.3 Å². The molecular formula is C14H9F3N2O. The number of pyridine rings is 1. The number of nitrogens with zero attached hydrogens (tertiary/aromatic N) is 2. The summed E-state index contributed by atoms with van der Waals surface area (Å²) in [5.41, 5.74) is 1.71. The van der Waals surface area contributed by atoms with Crippen molar-refractivity contribution >= 4 is 5.52 Å². The summed E-state index contributed by atoms with van der Waals surface area (Å²) in [5, 5.41) is 0. The molecule has 0 saturated carbocycles. The molecule has 0 bridgehead atoms. The van der Waals surface area contributed by atoms with E-state index in [9.17, 15) is 13.2 Å². The van der Waals surface area contributed by atoms with Gasteiger partial charge in [0.05, 0.1) is 18.0 Å². The number of aromatic nitrogens is 2. The topological polar surface area (TPSA) is 26.5 Å². The zero-order chi connectivity index (χ0) is 14.2. The molecule has 0 N–H and O–H groups in total. The molecule has 0 spiro atoms. The summed E-state index contributed by atoms with van der Waals surface area (Å²) < 4.78 is 43.2. The van der Waals surface area contributed by atoms with Crippen molar-refractivity contribution in [2.75, 3.05) is 0 Å². The van der Waals surface area contributed by atoms with Crippen LogP contribution in [-0.4, -0.2) is 15.7 Å². The molecular weight excluding hydrogens is 269 g/mol. The number of rotatable bonds is 2. The first-order chi connectivity index (χ1) is 9.54. The predicted molar refractivity (Wildman–Crippen MR) is 67.3 cm³/mol. The monoisotopic (exact) mass is 278 g/mol. The van der Waals surface area contributed by atoms with Gasteiger partial charge in [-0.05, 0) is 12.1 Å². The van der Waals surface area contributed by atoms with Crippen LogP contribution in [-0.2, 0) is 0 Å². The third-order valence-corrected chi connectivity index (χ3v) is 2.85. The Morgan fingerprint density at radius 3 is 2.55 bits per heavy atom. The maximum Gasteiger partial charge on any atom is 0.573 e. The Kier molecular flexibility index (Phi) is 2.85. The Hall–Kier alpha value is -2.50. The Labute approximate surface area is 112 Å². The van der Waals surface area contributed by atoms with Gasteiger partial charge >= 0.3 is 6.36 Å². The van der Waals surface area contributed by atoms with E-state index in [1.54, 1.807) is 47.4 Å². The van der Waals surface area contributed by atoms with Crippen molar-refractivity contribution in [2.24, 2.45) is 0 Å². The lowest BCUT2D eigenvalue weighted by atomic mass is 10.0. The van der Waals surface area contributed by atoms with Crippen molar-refractivity contribution in [3.63, 3.8) is 0 Å². The van der Waals surface area contributed by atoms with Gasteiger partial charge in [0, 0.05) is 17.3 Å². The molecule has 0 saturated heterocycles. The fourth-order valence-electron chi connectivity index (χ4n) is 2.08. The minimum absolute atomic E-state index is 0.227. The van der Waals surface area contributed by atoms with Crippen LogP contribution in [0, 0.1) is 0 Å². The molecule has 0 atom stereocenters. The molecule has 0 radical (unpaired) electrons. The highest BCUT2D eigenvalue weighted by Gasteiger charge is 2.32. The summed E-state index contributed by atoms with van der Waals surface area (Å²) in [7, 11) is 0. The van der Waals surface area contributed by atoms with Crippen molar-refractivity contribution in [2.45, 2.75) is 6.36 Å². The third kappa shape index (κ3) is 2.32. The summed E-state index contributed by atoms with van der Waals surface area (Å²) >= 11 is 0. The molecule has 0 fully saturated rings. The van der Waals surface area contributed by atoms with E-state index in [1.165, 1.54) is 12.1 Å². The summed E-state index contributed by atoms with van der Waals surface area (Å²) in [6.45, 7) is 0. The molecule has 0 amide bonds. The molecule has 0 aliphatic rings. The summed E-state index contributed by atoms with van der Waals surface area (Å²) in [6.07, 6.45) is 0.242. The number of para-hydroxylation sites is 1. The van der Waals surface area contributed by atoms with Crippen LogP contribution < -0.4 is 4.74 Å². The van der Waals surface area contributed by atoms with Crippen LogP contribution in [0.5, 0.6) is 5.75 Å². The second-order valence-electron chi connectivity index (χ2n) is 4.15. The third-order valence-electron chi connectivity index (χ3n) is 2.85. The van der Waals surface area contributed by atoms with Crippen LogP contribution in [0.3, 0.4) is 0 Å². The van der Waals surface area contributed by atoms with Crippen molar-refractivity contribution in [3.8, 4) is 16.9 Å². The molecule has 3 rings (SSSR count). The van der Waals surface area contributed by atoms with Gasteiger partial charge in [-0.2, -0.15) is 0 Å². The molecule has 3 nitrogen and oxygen atoms in total. The van der Waals surface area contributed by atoms with Gasteiger partial charge in [0.1, 0.15) is 5.75 Å². The fraction of sp³-hybridized carbons (Fsp3) is 0.0714. The van der Waals surface area contributed by atoms with E-state index in [2.05, 4.69) is 9.72 Å². The highest BCUT2D eigenvalue weighted by atomic mass is 19.4. The molecule has 3 aromatic rings. The molecule has 102 valence electrons. The lowest BCUT2D eigenvalue weighted by Gasteiger charge is -2.13. The quantitative estimate of drug-likeness (QED) is 0.710. The van der Waals surface area contributed by atoms with Gasteiger partial charge < -0.3 is 9.14 Å². The summed E-state index contributed by atoms with van der Waals surface area (Å²) in [6, 6.07) is 9.52. The highest BCUT2D eigenvalue weighted by Crippen LogP contribution is 2.35. The van der Waals surface area contributed by atoms with E-state index in [0.29, 0.717) is 16.6 Å². The molecule has 2 heterocycles. The Balaban J connectivity index is 2.17. The second-order valence-corrected chi connectivity index (χ2v) is 4.15. The molecule has 0 unspecified atom stereocenters. The van der Waals surface area contributed by atoms with Crippen LogP contribution in [0.15, 0.2) is 55.1 Å². The number of hydrogen-bond acceptors (Lipinski definition) is 2. The van der Waals surface area contributed by atoms with E-state index in [1.807, 2.05) is 0 Å². The van der Waals surface area contributed by atoms with Gasteiger partial charge in [-0.3, -0.25) is 0 Å². The average molecular weight is 278 g/mol. The maximum atomic E-state index is 12.5. The number of hydrogen-bond donors (Lipinski definition) is 0. The fourth-order valence-corrected chi connectivity index (χ4v) is 2.08. The maximum absolute atomic E-state index is 12.5. The summed E-state index contributed by atoms with van der Waals surface area (Å²) in [5.74, 6) is -0.227. The van der Waals surface area contributed by atoms with Gasteiger partial charge in [-0.25, -0.2) is 4.98 Å². The first-order valence-corrected chi connectivity index (χ1v) is 5.80. The predicted octanol–water partition coefficient (Wildman–Crippen LogP) is 3.90. The zero-order valence-corrected chi connectivity index (χ0v) is 10.1.